The van der Waals surface area contributed by atoms with E-state index in [2.05, 4.69) is 16.3 Å². The molecule has 1 atom stereocenters. The van der Waals surface area contributed by atoms with Crippen molar-refractivity contribution in [3.63, 3.8) is 0 Å². The van der Waals surface area contributed by atoms with E-state index in [0.29, 0.717) is 12.3 Å². The number of amides is 1. The molecule has 1 N–H and O–H groups in total. The molecular formula is C19H24N2O2. The van der Waals surface area contributed by atoms with E-state index in [-0.39, 0.29) is 5.91 Å². The van der Waals surface area contributed by atoms with E-state index >= 15 is 0 Å². The van der Waals surface area contributed by atoms with Crippen molar-refractivity contribution in [2.24, 2.45) is 0 Å². The van der Waals surface area contributed by atoms with Crippen molar-refractivity contribution in [1.29, 1.82) is 0 Å². The van der Waals surface area contributed by atoms with Gasteiger partial charge in [0, 0.05) is 13.1 Å². The average Bonchev–Trinajstić information content (AvgIpc) is 2.54. The standard InChI is InChI=1S/C19H24N2O2/c1-15(23-18-11-5-4-6-12-18)19(22)20-13-16-9-7-8-10-17(16)14-21(2)3/h4-12,15H,13-14H2,1-3H3,(H,20,22). The van der Waals surface area contributed by atoms with Crippen LogP contribution < -0.4 is 10.1 Å². The third-order valence-corrected chi connectivity index (χ3v) is 3.48. The van der Waals surface area contributed by atoms with Crippen molar-refractivity contribution in [3.05, 3.63) is 65.7 Å². The fourth-order valence-electron chi connectivity index (χ4n) is 2.31. The lowest BCUT2D eigenvalue weighted by molar-refractivity contribution is -0.127. The minimum Gasteiger partial charge on any atom is -0.481 e. The van der Waals surface area contributed by atoms with E-state index in [9.17, 15) is 4.79 Å². The quantitative estimate of drug-likeness (QED) is 0.855. The number of nitrogens with zero attached hydrogens (tertiary/aromatic N) is 1. The van der Waals surface area contributed by atoms with E-state index in [1.54, 1.807) is 6.92 Å². The third-order valence-electron chi connectivity index (χ3n) is 3.48. The first kappa shape index (κ1) is 17.0. The molecule has 2 rings (SSSR count). The van der Waals surface area contributed by atoms with Crippen molar-refractivity contribution in [2.75, 3.05) is 14.1 Å². The Hall–Kier alpha value is -2.33. The summed E-state index contributed by atoms with van der Waals surface area (Å²) in [5.41, 5.74) is 2.34. The molecule has 0 aromatic heterocycles. The van der Waals surface area contributed by atoms with E-state index < -0.39 is 6.10 Å². The first-order valence-corrected chi connectivity index (χ1v) is 7.77. The fourth-order valence-corrected chi connectivity index (χ4v) is 2.31. The number of hydrogen-bond acceptors (Lipinski definition) is 3. The van der Waals surface area contributed by atoms with Gasteiger partial charge in [-0.2, -0.15) is 0 Å². The maximum absolute atomic E-state index is 12.2. The summed E-state index contributed by atoms with van der Waals surface area (Å²) in [6, 6.07) is 17.5. The monoisotopic (exact) mass is 312 g/mol. The van der Waals surface area contributed by atoms with Crippen LogP contribution in [0, 0.1) is 0 Å². The molecule has 0 fully saturated rings. The predicted molar refractivity (Wildman–Crippen MR) is 92.2 cm³/mol. The maximum atomic E-state index is 12.2. The number of rotatable bonds is 7. The number of para-hydroxylation sites is 1. The zero-order chi connectivity index (χ0) is 16.7. The Morgan fingerprint density at radius 2 is 1.65 bits per heavy atom. The van der Waals surface area contributed by atoms with Crippen LogP contribution in [0.3, 0.4) is 0 Å². The van der Waals surface area contributed by atoms with E-state index in [4.69, 9.17) is 4.74 Å². The summed E-state index contributed by atoms with van der Waals surface area (Å²) in [5, 5.41) is 2.95. The van der Waals surface area contributed by atoms with Crippen molar-refractivity contribution in [2.45, 2.75) is 26.1 Å². The Bertz CT molecular complexity index is 626. The highest BCUT2D eigenvalue weighted by Crippen LogP contribution is 2.12. The Morgan fingerprint density at radius 3 is 2.30 bits per heavy atom. The molecule has 2 aromatic rings. The lowest BCUT2D eigenvalue weighted by Gasteiger charge is -2.17. The maximum Gasteiger partial charge on any atom is 0.261 e. The fraction of sp³-hybridized carbons (Fsp3) is 0.316. The van der Waals surface area contributed by atoms with Gasteiger partial charge in [-0.3, -0.25) is 4.79 Å². The van der Waals surface area contributed by atoms with Gasteiger partial charge in [0.1, 0.15) is 5.75 Å². The summed E-state index contributed by atoms with van der Waals surface area (Å²) < 4.78 is 5.64. The lowest BCUT2D eigenvalue weighted by Crippen LogP contribution is -2.36. The van der Waals surface area contributed by atoms with E-state index in [1.165, 1.54) is 5.56 Å². The molecule has 2 aromatic carbocycles. The van der Waals surface area contributed by atoms with Gasteiger partial charge in [-0.1, -0.05) is 42.5 Å². The molecule has 0 saturated heterocycles. The highest BCUT2D eigenvalue weighted by molar-refractivity contribution is 5.80. The van der Waals surface area contributed by atoms with E-state index in [0.717, 1.165) is 12.1 Å². The summed E-state index contributed by atoms with van der Waals surface area (Å²) in [4.78, 5) is 14.3. The topological polar surface area (TPSA) is 41.6 Å². The molecule has 0 aliphatic heterocycles. The van der Waals surface area contributed by atoms with Crippen LogP contribution >= 0.6 is 0 Å². The summed E-state index contributed by atoms with van der Waals surface area (Å²) in [5.74, 6) is 0.580. The molecule has 0 aliphatic carbocycles. The molecule has 4 nitrogen and oxygen atoms in total. The number of carbonyl (C=O) groups excluding carboxylic acids is 1. The van der Waals surface area contributed by atoms with Crippen molar-refractivity contribution in [1.82, 2.24) is 10.2 Å². The molecule has 0 bridgehead atoms. The summed E-state index contributed by atoms with van der Waals surface area (Å²) in [7, 11) is 4.07. The van der Waals surface area contributed by atoms with Gasteiger partial charge < -0.3 is 15.0 Å². The van der Waals surface area contributed by atoms with Crippen molar-refractivity contribution < 1.29 is 9.53 Å². The molecule has 122 valence electrons. The molecule has 4 heteroatoms. The zero-order valence-corrected chi connectivity index (χ0v) is 14.0. The molecular weight excluding hydrogens is 288 g/mol. The first-order valence-electron chi connectivity index (χ1n) is 7.77. The van der Waals surface area contributed by atoms with Gasteiger partial charge in [0.05, 0.1) is 0 Å². The van der Waals surface area contributed by atoms with E-state index in [1.807, 2.05) is 62.6 Å². The number of benzene rings is 2. The second-order valence-corrected chi connectivity index (χ2v) is 5.80. The Balaban J connectivity index is 1.91. The molecule has 0 heterocycles. The van der Waals surface area contributed by atoms with Crippen LogP contribution in [0.1, 0.15) is 18.1 Å². The van der Waals surface area contributed by atoms with Gasteiger partial charge in [-0.15, -0.1) is 0 Å². The van der Waals surface area contributed by atoms with Crippen LogP contribution in [0.4, 0.5) is 0 Å². The Morgan fingerprint density at radius 1 is 1.04 bits per heavy atom. The Kier molecular flexibility index (Phi) is 6.18. The van der Waals surface area contributed by atoms with Gasteiger partial charge in [0.2, 0.25) is 0 Å². The third kappa shape index (κ3) is 5.42. The molecule has 23 heavy (non-hydrogen) atoms. The van der Waals surface area contributed by atoms with Crippen LogP contribution in [0.25, 0.3) is 0 Å². The second kappa shape index (κ2) is 8.34. The molecule has 0 saturated carbocycles. The minimum absolute atomic E-state index is 0.117. The summed E-state index contributed by atoms with van der Waals surface area (Å²) in [6.45, 7) is 3.11. The highest BCUT2D eigenvalue weighted by atomic mass is 16.5. The lowest BCUT2D eigenvalue weighted by atomic mass is 10.1. The molecule has 0 aliphatic rings. The normalized spacial score (nSPS) is 12.0. The highest BCUT2D eigenvalue weighted by Gasteiger charge is 2.14. The van der Waals surface area contributed by atoms with Crippen LogP contribution in [0.2, 0.25) is 0 Å². The van der Waals surface area contributed by atoms with Gasteiger partial charge in [-0.05, 0) is 44.3 Å². The van der Waals surface area contributed by atoms with Crippen LogP contribution in [0.15, 0.2) is 54.6 Å². The van der Waals surface area contributed by atoms with Gasteiger partial charge >= 0.3 is 0 Å². The van der Waals surface area contributed by atoms with Gasteiger partial charge in [0.25, 0.3) is 5.91 Å². The number of ether oxygens (including phenoxy) is 1. The molecule has 0 radical (unpaired) electrons. The average molecular weight is 312 g/mol. The largest absolute Gasteiger partial charge is 0.481 e. The predicted octanol–water partition coefficient (Wildman–Crippen LogP) is 2.83. The second-order valence-electron chi connectivity index (χ2n) is 5.80. The number of hydrogen-bond donors (Lipinski definition) is 1. The van der Waals surface area contributed by atoms with Gasteiger partial charge in [-0.25, -0.2) is 0 Å². The molecule has 1 unspecified atom stereocenters. The first-order chi connectivity index (χ1) is 11.1. The van der Waals surface area contributed by atoms with Crippen LogP contribution in [-0.4, -0.2) is 31.0 Å². The number of nitrogens with one attached hydrogen (secondary N) is 1. The van der Waals surface area contributed by atoms with Crippen molar-refractivity contribution in [3.8, 4) is 5.75 Å². The van der Waals surface area contributed by atoms with Crippen LogP contribution in [0.5, 0.6) is 5.75 Å². The SMILES string of the molecule is CC(Oc1ccccc1)C(=O)NCc1ccccc1CN(C)C. The zero-order valence-electron chi connectivity index (χ0n) is 14.0. The minimum atomic E-state index is -0.529. The number of carbonyl (C=O) groups is 1. The molecule has 0 spiro atoms. The summed E-state index contributed by atoms with van der Waals surface area (Å²) in [6.07, 6.45) is -0.529. The van der Waals surface area contributed by atoms with Crippen LogP contribution in [-0.2, 0) is 17.9 Å². The Labute approximate surface area is 138 Å². The molecule has 1 amide bonds. The smallest absolute Gasteiger partial charge is 0.261 e. The van der Waals surface area contributed by atoms with Crippen molar-refractivity contribution >= 4 is 5.91 Å². The summed E-state index contributed by atoms with van der Waals surface area (Å²) >= 11 is 0. The van der Waals surface area contributed by atoms with Gasteiger partial charge in [0.15, 0.2) is 6.10 Å².